The number of carbonyl (C=O) groups is 2. The molecule has 2 amide bonds. The van der Waals surface area contributed by atoms with Gasteiger partial charge < -0.3 is 15.7 Å². The van der Waals surface area contributed by atoms with Crippen molar-refractivity contribution in [3.8, 4) is 0 Å². The molecular formula is C15H24N2O3S. The van der Waals surface area contributed by atoms with Gasteiger partial charge in [-0.25, -0.2) is 0 Å². The second-order valence-electron chi connectivity index (χ2n) is 5.18. The van der Waals surface area contributed by atoms with E-state index < -0.39 is 5.60 Å². The van der Waals surface area contributed by atoms with Crippen LogP contribution in [-0.4, -0.2) is 29.1 Å². The number of amides is 2. The molecule has 1 rings (SSSR count). The summed E-state index contributed by atoms with van der Waals surface area (Å²) in [6.07, 6.45) is 1.34. The Hall–Kier alpha value is -1.40. The summed E-state index contributed by atoms with van der Waals surface area (Å²) in [6.45, 7) is 5.45. The highest BCUT2D eigenvalue weighted by molar-refractivity contribution is 7.10. The first kappa shape index (κ1) is 17.7. The van der Waals surface area contributed by atoms with Gasteiger partial charge >= 0.3 is 0 Å². The summed E-state index contributed by atoms with van der Waals surface area (Å²) in [5.74, 6) is -0.345. The number of nitrogens with one attached hydrogen (secondary N) is 2. The first-order valence-corrected chi connectivity index (χ1v) is 8.07. The summed E-state index contributed by atoms with van der Waals surface area (Å²) in [6, 6.07) is 3.46. The maximum Gasteiger partial charge on any atom is 0.222 e. The van der Waals surface area contributed by atoms with Gasteiger partial charge in [0, 0.05) is 18.3 Å². The van der Waals surface area contributed by atoms with Gasteiger partial charge in [-0.2, -0.15) is 0 Å². The highest BCUT2D eigenvalue weighted by atomic mass is 32.1. The molecule has 1 unspecified atom stereocenters. The van der Waals surface area contributed by atoms with E-state index in [0.717, 1.165) is 4.88 Å². The van der Waals surface area contributed by atoms with Crippen LogP contribution in [0.2, 0.25) is 0 Å². The van der Waals surface area contributed by atoms with Gasteiger partial charge in [-0.05, 0) is 24.3 Å². The average Bonchev–Trinajstić information content (AvgIpc) is 2.98. The van der Waals surface area contributed by atoms with Gasteiger partial charge in [0.05, 0.1) is 18.1 Å². The minimum Gasteiger partial charge on any atom is -0.388 e. The van der Waals surface area contributed by atoms with Gasteiger partial charge in [-0.3, -0.25) is 9.59 Å². The standard InChI is InChI=1S/C15H24N2O3S/c1-4-15(20,5-2)10-16-14(19)9-12(17-11(3)18)13-7-6-8-21-13/h6-8,12,20H,4-5,9-10H2,1-3H3,(H,16,19)(H,17,18). The molecule has 0 radical (unpaired) electrons. The van der Waals surface area contributed by atoms with Crippen molar-refractivity contribution < 1.29 is 14.7 Å². The van der Waals surface area contributed by atoms with E-state index in [-0.39, 0.29) is 30.8 Å². The second-order valence-corrected chi connectivity index (χ2v) is 6.16. The Morgan fingerprint density at radius 2 is 2.05 bits per heavy atom. The van der Waals surface area contributed by atoms with Crippen LogP contribution in [0, 0.1) is 0 Å². The zero-order chi connectivity index (χ0) is 15.9. The fourth-order valence-corrected chi connectivity index (χ4v) is 2.76. The zero-order valence-corrected chi connectivity index (χ0v) is 13.6. The number of carbonyl (C=O) groups excluding carboxylic acids is 2. The lowest BCUT2D eigenvalue weighted by Gasteiger charge is -2.26. The molecule has 3 N–H and O–H groups in total. The summed E-state index contributed by atoms with van der Waals surface area (Å²) in [5.41, 5.74) is -0.859. The van der Waals surface area contributed by atoms with Gasteiger partial charge in [0.25, 0.3) is 0 Å². The van der Waals surface area contributed by atoms with E-state index in [1.807, 2.05) is 31.4 Å². The van der Waals surface area contributed by atoms with Crippen LogP contribution >= 0.6 is 11.3 Å². The molecule has 0 saturated heterocycles. The van der Waals surface area contributed by atoms with Crippen molar-refractivity contribution in [2.75, 3.05) is 6.54 Å². The first-order valence-electron chi connectivity index (χ1n) is 7.19. The summed E-state index contributed by atoms with van der Waals surface area (Å²) in [4.78, 5) is 24.2. The minimum absolute atomic E-state index is 0.167. The van der Waals surface area contributed by atoms with Crippen LogP contribution in [0.5, 0.6) is 0 Å². The number of hydrogen-bond acceptors (Lipinski definition) is 4. The SMILES string of the molecule is CCC(O)(CC)CNC(=O)CC(NC(C)=O)c1cccs1. The fraction of sp³-hybridized carbons (Fsp3) is 0.600. The third kappa shape index (κ3) is 5.85. The van der Waals surface area contributed by atoms with E-state index >= 15 is 0 Å². The third-order valence-electron chi connectivity index (χ3n) is 3.58. The van der Waals surface area contributed by atoms with E-state index in [9.17, 15) is 14.7 Å². The largest absolute Gasteiger partial charge is 0.388 e. The van der Waals surface area contributed by atoms with Crippen molar-refractivity contribution in [3.05, 3.63) is 22.4 Å². The maximum atomic E-state index is 12.0. The number of thiophene rings is 1. The quantitative estimate of drug-likeness (QED) is 0.687. The molecule has 1 aromatic rings. The molecule has 0 aliphatic rings. The average molecular weight is 312 g/mol. The monoisotopic (exact) mass is 312 g/mol. The zero-order valence-electron chi connectivity index (χ0n) is 12.8. The minimum atomic E-state index is -0.859. The van der Waals surface area contributed by atoms with Crippen molar-refractivity contribution in [1.29, 1.82) is 0 Å². The summed E-state index contributed by atoms with van der Waals surface area (Å²) < 4.78 is 0. The highest BCUT2D eigenvalue weighted by Gasteiger charge is 2.24. The van der Waals surface area contributed by atoms with Crippen molar-refractivity contribution in [2.45, 2.75) is 51.7 Å². The van der Waals surface area contributed by atoms with Gasteiger partial charge in [-0.15, -0.1) is 11.3 Å². The Kier molecular flexibility index (Phi) is 6.84. The van der Waals surface area contributed by atoms with Crippen LogP contribution in [0.25, 0.3) is 0 Å². The van der Waals surface area contributed by atoms with Crippen LogP contribution in [0.4, 0.5) is 0 Å². The number of hydrogen-bond donors (Lipinski definition) is 3. The normalized spacial score (nSPS) is 12.8. The van der Waals surface area contributed by atoms with Gasteiger partial charge in [-0.1, -0.05) is 19.9 Å². The molecule has 0 saturated carbocycles. The maximum absolute atomic E-state index is 12.0. The van der Waals surface area contributed by atoms with E-state index in [4.69, 9.17) is 0 Å². The van der Waals surface area contributed by atoms with E-state index in [1.165, 1.54) is 18.3 Å². The molecule has 21 heavy (non-hydrogen) atoms. The van der Waals surface area contributed by atoms with E-state index in [1.54, 1.807) is 0 Å². The van der Waals surface area contributed by atoms with Gasteiger partial charge in [0.2, 0.25) is 11.8 Å². The van der Waals surface area contributed by atoms with Crippen LogP contribution in [0.15, 0.2) is 17.5 Å². The Morgan fingerprint density at radius 3 is 2.52 bits per heavy atom. The smallest absolute Gasteiger partial charge is 0.222 e. The molecule has 6 heteroatoms. The van der Waals surface area contributed by atoms with Crippen LogP contribution in [-0.2, 0) is 9.59 Å². The topological polar surface area (TPSA) is 78.4 Å². The molecule has 1 heterocycles. The van der Waals surface area contributed by atoms with Crippen molar-refractivity contribution in [3.63, 3.8) is 0 Å². The van der Waals surface area contributed by atoms with Gasteiger partial charge in [0.1, 0.15) is 0 Å². The Labute approximate surface area is 129 Å². The Balaban J connectivity index is 2.59. The van der Waals surface area contributed by atoms with Gasteiger partial charge in [0.15, 0.2) is 0 Å². The molecule has 0 spiro atoms. The molecule has 1 aromatic heterocycles. The lowest BCUT2D eigenvalue weighted by Crippen LogP contribution is -2.43. The lowest BCUT2D eigenvalue weighted by atomic mass is 9.97. The van der Waals surface area contributed by atoms with Crippen LogP contribution < -0.4 is 10.6 Å². The molecule has 0 fully saturated rings. The summed E-state index contributed by atoms with van der Waals surface area (Å²) >= 11 is 1.50. The van der Waals surface area contributed by atoms with E-state index in [0.29, 0.717) is 12.8 Å². The van der Waals surface area contributed by atoms with E-state index in [2.05, 4.69) is 10.6 Å². The predicted octanol–water partition coefficient (Wildman–Crippen LogP) is 1.98. The Morgan fingerprint density at radius 1 is 1.38 bits per heavy atom. The molecule has 0 aliphatic carbocycles. The lowest BCUT2D eigenvalue weighted by molar-refractivity contribution is -0.123. The molecular weight excluding hydrogens is 288 g/mol. The summed E-state index contributed by atoms with van der Waals surface area (Å²) in [5, 5.41) is 17.6. The first-order chi connectivity index (χ1) is 9.90. The van der Waals surface area contributed by atoms with Crippen molar-refractivity contribution >= 4 is 23.2 Å². The van der Waals surface area contributed by atoms with Crippen LogP contribution in [0.1, 0.15) is 51.0 Å². The number of rotatable bonds is 8. The molecule has 0 bridgehead atoms. The highest BCUT2D eigenvalue weighted by Crippen LogP contribution is 2.22. The van der Waals surface area contributed by atoms with Crippen LogP contribution in [0.3, 0.4) is 0 Å². The molecule has 1 atom stereocenters. The Bertz CT molecular complexity index is 455. The molecule has 0 aromatic carbocycles. The third-order valence-corrected chi connectivity index (χ3v) is 4.57. The number of aliphatic hydroxyl groups is 1. The molecule has 0 aliphatic heterocycles. The predicted molar refractivity (Wildman–Crippen MR) is 84.0 cm³/mol. The second kappa shape index (κ2) is 8.14. The summed E-state index contributed by atoms with van der Waals surface area (Å²) in [7, 11) is 0. The van der Waals surface area contributed by atoms with Crippen molar-refractivity contribution in [1.82, 2.24) is 10.6 Å². The fourth-order valence-electron chi connectivity index (χ4n) is 1.98. The molecule has 5 nitrogen and oxygen atoms in total. The molecule has 118 valence electrons. The van der Waals surface area contributed by atoms with Crippen molar-refractivity contribution in [2.24, 2.45) is 0 Å².